The van der Waals surface area contributed by atoms with Gasteiger partial charge in [0.1, 0.15) is 0 Å². The Bertz CT molecular complexity index is 358. The average molecular weight is 230 g/mol. The fourth-order valence-corrected chi connectivity index (χ4v) is 3.10. The predicted octanol–water partition coefficient (Wildman–Crippen LogP) is 1.98. The van der Waals surface area contributed by atoms with Crippen molar-refractivity contribution in [2.75, 3.05) is 12.4 Å². The van der Waals surface area contributed by atoms with Crippen molar-refractivity contribution in [2.45, 2.75) is 16.9 Å². The summed E-state index contributed by atoms with van der Waals surface area (Å²) in [5.41, 5.74) is 6.49. The van der Waals surface area contributed by atoms with E-state index in [0.29, 0.717) is 5.02 Å². The number of nitrogens with two attached hydrogens (primary N) is 1. The summed E-state index contributed by atoms with van der Waals surface area (Å²) in [4.78, 5) is 1.14. The maximum absolute atomic E-state index is 9.31. The quantitative estimate of drug-likeness (QED) is 0.774. The van der Waals surface area contributed by atoms with Gasteiger partial charge < -0.3 is 10.8 Å². The van der Waals surface area contributed by atoms with Crippen LogP contribution < -0.4 is 5.73 Å². The molecule has 0 radical (unpaired) electrons. The van der Waals surface area contributed by atoms with E-state index in [9.17, 15) is 5.11 Å². The van der Waals surface area contributed by atoms with Crippen LogP contribution in [0, 0.1) is 0 Å². The Morgan fingerprint density at radius 1 is 1.57 bits per heavy atom. The molecular formula is C10H12ClNOS. The van der Waals surface area contributed by atoms with Crippen LogP contribution in [-0.4, -0.2) is 17.5 Å². The minimum absolute atomic E-state index is 0.0269. The fraction of sp³-hybridized carbons (Fsp3) is 0.400. The number of benzene rings is 1. The van der Waals surface area contributed by atoms with E-state index in [1.165, 1.54) is 0 Å². The molecule has 0 amide bonds. The fourth-order valence-electron chi connectivity index (χ4n) is 1.66. The summed E-state index contributed by atoms with van der Waals surface area (Å²) < 4.78 is 0. The smallest absolute Gasteiger partial charge is 0.0663 e. The zero-order valence-electron chi connectivity index (χ0n) is 7.66. The molecule has 0 spiro atoms. The third-order valence-electron chi connectivity index (χ3n) is 2.57. The number of thioether (sulfide) groups is 1. The van der Waals surface area contributed by atoms with Crippen molar-refractivity contribution < 1.29 is 5.11 Å². The van der Waals surface area contributed by atoms with E-state index in [0.717, 1.165) is 22.6 Å². The molecule has 1 unspecified atom stereocenters. The molecule has 76 valence electrons. The van der Waals surface area contributed by atoms with E-state index in [1.807, 2.05) is 18.2 Å². The third kappa shape index (κ3) is 1.65. The maximum Gasteiger partial charge on any atom is 0.0663 e. The Morgan fingerprint density at radius 2 is 2.36 bits per heavy atom. The zero-order chi connectivity index (χ0) is 10.2. The van der Waals surface area contributed by atoms with E-state index < -0.39 is 5.54 Å². The molecule has 0 saturated heterocycles. The molecule has 0 aromatic heterocycles. The van der Waals surface area contributed by atoms with E-state index in [4.69, 9.17) is 17.3 Å². The van der Waals surface area contributed by atoms with Gasteiger partial charge in [-0.2, -0.15) is 0 Å². The number of fused-ring (bicyclic) bond motifs is 1. The Kier molecular flexibility index (Phi) is 2.75. The first-order valence-electron chi connectivity index (χ1n) is 4.48. The minimum atomic E-state index is -0.606. The van der Waals surface area contributed by atoms with Gasteiger partial charge in [-0.3, -0.25) is 0 Å². The van der Waals surface area contributed by atoms with Crippen LogP contribution in [-0.2, 0) is 5.54 Å². The number of rotatable bonds is 1. The lowest BCUT2D eigenvalue weighted by Gasteiger charge is -2.33. The van der Waals surface area contributed by atoms with Gasteiger partial charge in [0.05, 0.1) is 12.1 Å². The summed E-state index contributed by atoms with van der Waals surface area (Å²) in [6, 6.07) is 5.69. The lowest BCUT2D eigenvalue weighted by Crippen LogP contribution is -2.43. The Labute approximate surface area is 92.4 Å². The number of hydrogen-bond acceptors (Lipinski definition) is 3. The van der Waals surface area contributed by atoms with Crippen molar-refractivity contribution in [1.29, 1.82) is 0 Å². The number of aliphatic hydroxyl groups excluding tert-OH is 1. The molecule has 4 heteroatoms. The SMILES string of the molecule is NC1(CO)CCSc2ccc(Cl)cc21. The van der Waals surface area contributed by atoms with Gasteiger partial charge in [0.2, 0.25) is 0 Å². The van der Waals surface area contributed by atoms with Crippen molar-refractivity contribution in [1.82, 2.24) is 0 Å². The van der Waals surface area contributed by atoms with E-state index >= 15 is 0 Å². The first-order valence-corrected chi connectivity index (χ1v) is 5.85. The van der Waals surface area contributed by atoms with Gasteiger partial charge in [-0.25, -0.2) is 0 Å². The van der Waals surface area contributed by atoms with Crippen LogP contribution in [0.3, 0.4) is 0 Å². The molecule has 1 heterocycles. The molecule has 14 heavy (non-hydrogen) atoms. The average Bonchev–Trinajstić information content (AvgIpc) is 2.20. The van der Waals surface area contributed by atoms with E-state index in [1.54, 1.807) is 11.8 Å². The molecule has 0 aliphatic carbocycles. The van der Waals surface area contributed by atoms with Gasteiger partial charge >= 0.3 is 0 Å². The van der Waals surface area contributed by atoms with Gasteiger partial charge in [-0.05, 0) is 30.2 Å². The highest BCUT2D eigenvalue weighted by Crippen LogP contribution is 2.39. The molecule has 1 aromatic carbocycles. The Balaban J connectivity index is 2.52. The number of halogens is 1. The molecule has 0 bridgehead atoms. The largest absolute Gasteiger partial charge is 0.394 e. The standard InChI is InChI=1S/C10H12ClNOS/c11-7-1-2-9-8(5-7)10(12,6-13)3-4-14-9/h1-2,5,13H,3-4,6,12H2. The summed E-state index contributed by atoms with van der Waals surface area (Å²) in [5.74, 6) is 0.950. The predicted molar refractivity (Wildman–Crippen MR) is 59.7 cm³/mol. The van der Waals surface area contributed by atoms with Gasteiger partial charge in [0, 0.05) is 15.7 Å². The number of hydrogen-bond donors (Lipinski definition) is 2. The van der Waals surface area contributed by atoms with E-state index in [-0.39, 0.29) is 6.61 Å². The molecular weight excluding hydrogens is 218 g/mol. The monoisotopic (exact) mass is 229 g/mol. The van der Waals surface area contributed by atoms with Crippen molar-refractivity contribution in [3.63, 3.8) is 0 Å². The molecule has 1 aromatic rings. The van der Waals surface area contributed by atoms with Crippen molar-refractivity contribution in [2.24, 2.45) is 5.73 Å². The minimum Gasteiger partial charge on any atom is -0.394 e. The second kappa shape index (κ2) is 3.74. The molecule has 2 rings (SSSR count). The second-order valence-corrected chi connectivity index (χ2v) is 5.13. The molecule has 2 nitrogen and oxygen atoms in total. The van der Waals surface area contributed by atoms with Gasteiger partial charge in [-0.15, -0.1) is 11.8 Å². The maximum atomic E-state index is 9.31. The van der Waals surface area contributed by atoms with Crippen LogP contribution in [0.15, 0.2) is 23.1 Å². The molecule has 1 aliphatic heterocycles. The first kappa shape index (κ1) is 10.3. The van der Waals surface area contributed by atoms with Crippen LogP contribution in [0.5, 0.6) is 0 Å². The first-order chi connectivity index (χ1) is 6.65. The second-order valence-electron chi connectivity index (χ2n) is 3.55. The Hall–Kier alpha value is -0.220. The van der Waals surface area contributed by atoms with Crippen LogP contribution >= 0.6 is 23.4 Å². The molecule has 0 fully saturated rings. The third-order valence-corrected chi connectivity index (χ3v) is 3.88. The summed E-state index contributed by atoms with van der Waals surface area (Å²) in [6.07, 6.45) is 0.793. The normalized spacial score (nSPS) is 25.9. The number of aliphatic hydroxyl groups is 1. The van der Waals surface area contributed by atoms with Crippen molar-refractivity contribution in [3.8, 4) is 0 Å². The highest BCUT2D eigenvalue weighted by atomic mass is 35.5. The molecule has 1 aliphatic rings. The van der Waals surface area contributed by atoms with Crippen LogP contribution in [0.2, 0.25) is 5.02 Å². The van der Waals surface area contributed by atoms with Crippen molar-refractivity contribution >= 4 is 23.4 Å². The molecule has 0 saturated carbocycles. The van der Waals surface area contributed by atoms with Crippen LogP contribution in [0.1, 0.15) is 12.0 Å². The van der Waals surface area contributed by atoms with E-state index in [2.05, 4.69) is 0 Å². The summed E-state index contributed by atoms with van der Waals surface area (Å²) in [6.45, 7) is -0.0269. The zero-order valence-corrected chi connectivity index (χ0v) is 9.24. The van der Waals surface area contributed by atoms with Crippen LogP contribution in [0.25, 0.3) is 0 Å². The topological polar surface area (TPSA) is 46.2 Å². The highest BCUT2D eigenvalue weighted by Gasteiger charge is 2.32. The van der Waals surface area contributed by atoms with Gasteiger partial charge in [0.25, 0.3) is 0 Å². The molecule has 1 atom stereocenters. The Morgan fingerprint density at radius 3 is 3.07 bits per heavy atom. The van der Waals surface area contributed by atoms with Crippen molar-refractivity contribution in [3.05, 3.63) is 28.8 Å². The lowest BCUT2D eigenvalue weighted by molar-refractivity contribution is 0.189. The van der Waals surface area contributed by atoms with Crippen LogP contribution in [0.4, 0.5) is 0 Å². The summed E-state index contributed by atoms with van der Waals surface area (Å²) >= 11 is 7.68. The lowest BCUT2D eigenvalue weighted by atomic mass is 9.89. The highest BCUT2D eigenvalue weighted by molar-refractivity contribution is 7.99. The summed E-state index contributed by atoms with van der Waals surface area (Å²) in [7, 11) is 0. The summed E-state index contributed by atoms with van der Waals surface area (Å²) in [5, 5.41) is 9.99. The molecule has 3 N–H and O–H groups in total. The van der Waals surface area contributed by atoms with Gasteiger partial charge in [0.15, 0.2) is 0 Å². The van der Waals surface area contributed by atoms with Gasteiger partial charge in [-0.1, -0.05) is 11.6 Å².